The van der Waals surface area contributed by atoms with Gasteiger partial charge in [-0.3, -0.25) is 10.1 Å². The van der Waals surface area contributed by atoms with Crippen LogP contribution in [0.25, 0.3) is 10.9 Å². The predicted octanol–water partition coefficient (Wildman–Crippen LogP) is 5.08. The number of anilines is 2. The first-order valence-corrected chi connectivity index (χ1v) is 8.72. The zero-order valence-corrected chi connectivity index (χ0v) is 15.8. The molecule has 0 aliphatic carbocycles. The SMILES string of the molecule is Cc1[nH]c2ccccc2c1C(=O)Nc1ccc(NC(=O)OC(C)(C)C)cc1. The van der Waals surface area contributed by atoms with E-state index in [4.69, 9.17) is 4.74 Å². The molecular formula is C21H23N3O3. The number of H-pyrrole nitrogens is 1. The van der Waals surface area contributed by atoms with Crippen molar-refractivity contribution in [3.8, 4) is 0 Å². The fraction of sp³-hybridized carbons (Fsp3) is 0.238. The average Bonchev–Trinajstić information content (AvgIpc) is 2.90. The summed E-state index contributed by atoms with van der Waals surface area (Å²) in [6.45, 7) is 7.29. The second-order valence-electron chi connectivity index (χ2n) is 7.33. The number of carbonyl (C=O) groups is 2. The van der Waals surface area contributed by atoms with Crippen LogP contribution in [-0.4, -0.2) is 22.6 Å². The third-order valence-corrected chi connectivity index (χ3v) is 3.91. The zero-order chi connectivity index (χ0) is 19.6. The van der Waals surface area contributed by atoms with Crippen molar-refractivity contribution in [1.82, 2.24) is 4.98 Å². The second kappa shape index (κ2) is 7.15. The predicted molar refractivity (Wildman–Crippen MR) is 107 cm³/mol. The molecule has 140 valence electrons. The Morgan fingerprint density at radius 3 is 2.15 bits per heavy atom. The Hall–Kier alpha value is -3.28. The second-order valence-corrected chi connectivity index (χ2v) is 7.33. The number of aromatic nitrogens is 1. The minimum Gasteiger partial charge on any atom is -0.444 e. The van der Waals surface area contributed by atoms with Gasteiger partial charge in [-0.05, 0) is 58.0 Å². The van der Waals surface area contributed by atoms with E-state index in [9.17, 15) is 9.59 Å². The maximum Gasteiger partial charge on any atom is 0.412 e. The lowest BCUT2D eigenvalue weighted by Gasteiger charge is -2.19. The number of ether oxygens (including phenoxy) is 1. The molecular weight excluding hydrogens is 342 g/mol. The molecule has 0 radical (unpaired) electrons. The van der Waals surface area contributed by atoms with Crippen LogP contribution in [0.5, 0.6) is 0 Å². The molecule has 2 amide bonds. The van der Waals surface area contributed by atoms with Gasteiger partial charge in [0.05, 0.1) is 5.56 Å². The molecule has 0 aliphatic rings. The molecule has 0 spiro atoms. The van der Waals surface area contributed by atoms with Crippen molar-refractivity contribution >= 4 is 34.3 Å². The molecule has 0 saturated carbocycles. The van der Waals surface area contributed by atoms with Gasteiger partial charge in [0.2, 0.25) is 0 Å². The van der Waals surface area contributed by atoms with E-state index < -0.39 is 11.7 Å². The van der Waals surface area contributed by atoms with E-state index in [1.54, 1.807) is 45.0 Å². The van der Waals surface area contributed by atoms with Crippen molar-refractivity contribution < 1.29 is 14.3 Å². The highest BCUT2D eigenvalue weighted by Gasteiger charge is 2.17. The molecule has 1 aromatic heterocycles. The Labute approximate surface area is 157 Å². The van der Waals surface area contributed by atoms with Crippen LogP contribution in [0.4, 0.5) is 16.2 Å². The summed E-state index contributed by atoms with van der Waals surface area (Å²) in [5.41, 5.74) is 3.04. The standard InChI is InChI=1S/C21H23N3O3/c1-13-18(16-7-5-6-8-17(16)22-13)19(25)23-14-9-11-15(12-10-14)24-20(26)27-21(2,3)4/h5-12,22H,1-4H3,(H,23,25)(H,24,26). The van der Waals surface area contributed by atoms with Crippen LogP contribution in [0, 0.1) is 6.92 Å². The molecule has 6 nitrogen and oxygen atoms in total. The van der Waals surface area contributed by atoms with Crippen LogP contribution in [0.2, 0.25) is 0 Å². The third-order valence-electron chi connectivity index (χ3n) is 3.91. The summed E-state index contributed by atoms with van der Waals surface area (Å²) in [6, 6.07) is 14.6. The molecule has 3 aromatic rings. The van der Waals surface area contributed by atoms with Crippen LogP contribution >= 0.6 is 0 Å². The largest absolute Gasteiger partial charge is 0.444 e. The summed E-state index contributed by atoms with van der Waals surface area (Å²) in [5, 5.41) is 6.44. The summed E-state index contributed by atoms with van der Waals surface area (Å²) in [7, 11) is 0. The molecule has 1 heterocycles. The molecule has 0 unspecified atom stereocenters. The Bertz CT molecular complexity index is 982. The van der Waals surface area contributed by atoms with Crippen LogP contribution in [0.15, 0.2) is 48.5 Å². The fourth-order valence-corrected chi connectivity index (χ4v) is 2.82. The summed E-state index contributed by atoms with van der Waals surface area (Å²) in [6.07, 6.45) is -0.520. The molecule has 0 fully saturated rings. The van der Waals surface area contributed by atoms with Crippen molar-refractivity contribution in [2.75, 3.05) is 10.6 Å². The highest BCUT2D eigenvalue weighted by Crippen LogP contribution is 2.23. The third kappa shape index (κ3) is 4.47. The van der Waals surface area contributed by atoms with Gasteiger partial charge in [-0.2, -0.15) is 0 Å². The number of para-hydroxylation sites is 1. The number of benzene rings is 2. The number of aryl methyl sites for hydroxylation is 1. The van der Waals surface area contributed by atoms with Gasteiger partial charge in [0, 0.05) is 28.0 Å². The fourth-order valence-electron chi connectivity index (χ4n) is 2.82. The zero-order valence-electron chi connectivity index (χ0n) is 15.8. The molecule has 2 aromatic carbocycles. The van der Waals surface area contributed by atoms with Gasteiger partial charge in [0.25, 0.3) is 5.91 Å². The van der Waals surface area contributed by atoms with E-state index in [1.165, 1.54) is 0 Å². The molecule has 27 heavy (non-hydrogen) atoms. The van der Waals surface area contributed by atoms with Crippen LogP contribution in [0.1, 0.15) is 36.8 Å². The molecule has 0 atom stereocenters. The molecule has 0 bridgehead atoms. The number of hydrogen-bond donors (Lipinski definition) is 3. The Kier molecular flexibility index (Phi) is 4.90. The smallest absolute Gasteiger partial charge is 0.412 e. The summed E-state index contributed by atoms with van der Waals surface area (Å²) in [4.78, 5) is 27.7. The molecule has 6 heteroatoms. The quantitative estimate of drug-likeness (QED) is 0.605. The van der Waals surface area contributed by atoms with Crippen molar-refractivity contribution in [3.63, 3.8) is 0 Å². The van der Waals surface area contributed by atoms with Gasteiger partial charge in [0.1, 0.15) is 5.60 Å². The summed E-state index contributed by atoms with van der Waals surface area (Å²) >= 11 is 0. The Balaban J connectivity index is 1.70. The highest BCUT2D eigenvalue weighted by atomic mass is 16.6. The lowest BCUT2D eigenvalue weighted by molar-refractivity contribution is 0.0635. The van der Waals surface area contributed by atoms with E-state index in [-0.39, 0.29) is 5.91 Å². The maximum absolute atomic E-state index is 12.7. The van der Waals surface area contributed by atoms with Crippen molar-refractivity contribution in [1.29, 1.82) is 0 Å². The highest BCUT2D eigenvalue weighted by molar-refractivity contribution is 6.14. The van der Waals surface area contributed by atoms with Gasteiger partial charge in [0.15, 0.2) is 0 Å². The van der Waals surface area contributed by atoms with Gasteiger partial charge < -0.3 is 15.0 Å². The number of rotatable bonds is 3. The van der Waals surface area contributed by atoms with E-state index in [2.05, 4.69) is 15.6 Å². The number of aromatic amines is 1. The number of nitrogens with one attached hydrogen (secondary N) is 3. The number of hydrogen-bond acceptors (Lipinski definition) is 3. The summed E-state index contributed by atoms with van der Waals surface area (Å²) < 4.78 is 5.22. The normalized spacial score (nSPS) is 11.3. The van der Waals surface area contributed by atoms with Crippen molar-refractivity contribution in [2.24, 2.45) is 0 Å². The van der Waals surface area contributed by atoms with Gasteiger partial charge in [-0.25, -0.2) is 4.79 Å². The van der Waals surface area contributed by atoms with E-state index in [0.29, 0.717) is 16.9 Å². The average molecular weight is 365 g/mol. The topological polar surface area (TPSA) is 83.2 Å². The van der Waals surface area contributed by atoms with E-state index in [1.807, 2.05) is 31.2 Å². The maximum atomic E-state index is 12.7. The van der Waals surface area contributed by atoms with E-state index >= 15 is 0 Å². The van der Waals surface area contributed by atoms with Gasteiger partial charge in [-0.15, -0.1) is 0 Å². The number of carbonyl (C=O) groups excluding carboxylic acids is 2. The number of fused-ring (bicyclic) bond motifs is 1. The molecule has 0 aliphatic heterocycles. The summed E-state index contributed by atoms with van der Waals surface area (Å²) in [5.74, 6) is -0.183. The number of amides is 2. The van der Waals surface area contributed by atoms with Crippen LogP contribution < -0.4 is 10.6 Å². The first kappa shape index (κ1) is 18.5. The van der Waals surface area contributed by atoms with Crippen LogP contribution in [-0.2, 0) is 4.74 Å². The van der Waals surface area contributed by atoms with Gasteiger partial charge in [-0.1, -0.05) is 18.2 Å². The van der Waals surface area contributed by atoms with Crippen LogP contribution in [0.3, 0.4) is 0 Å². The Morgan fingerprint density at radius 1 is 0.926 bits per heavy atom. The Morgan fingerprint density at radius 2 is 1.52 bits per heavy atom. The van der Waals surface area contributed by atoms with Crippen molar-refractivity contribution in [3.05, 3.63) is 59.8 Å². The first-order chi connectivity index (χ1) is 12.7. The molecule has 3 rings (SSSR count). The first-order valence-electron chi connectivity index (χ1n) is 8.72. The minimum absolute atomic E-state index is 0.183. The van der Waals surface area contributed by atoms with Crippen molar-refractivity contribution in [2.45, 2.75) is 33.3 Å². The lowest BCUT2D eigenvalue weighted by atomic mass is 10.1. The van der Waals surface area contributed by atoms with E-state index in [0.717, 1.165) is 16.6 Å². The monoisotopic (exact) mass is 365 g/mol. The van der Waals surface area contributed by atoms with Gasteiger partial charge >= 0.3 is 6.09 Å². The lowest BCUT2D eigenvalue weighted by Crippen LogP contribution is -2.27. The molecule has 0 saturated heterocycles. The minimum atomic E-state index is -0.560. The molecule has 3 N–H and O–H groups in total.